The summed E-state index contributed by atoms with van der Waals surface area (Å²) < 4.78 is 20.3. The van der Waals surface area contributed by atoms with Gasteiger partial charge in [-0.1, -0.05) is 6.07 Å². The smallest absolute Gasteiger partial charge is 0.293 e. The Kier molecular flexibility index (Phi) is 6.19. The number of carbonyl (C=O) groups is 2. The number of morpholine rings is 1. The molecule has 33 heavy (non-hydrogen) atoms. The summed E-state index contributed by atoms with van der Waals surface area (Å²) in [5.74, 6) is 0.119. The van der Waals surface area contributed by atoms with Gasteiger partial charge in [-0.3, -0.25) is 9.59 Å². The molecule has 2 saturated heterocycles. The molecule has 0 aliphatic carbocycles. The van der Waals surface area contributed by atoms with Gasteiger partial charge in [-0.2, -0.15) is 0 Å². The Labute approximate surface area is 194 Å². The summed E-state index contributed by atoms with van der Waals surface area (Å²) >= 11 is 1.49. The molecule has 3 aromatic rings. The molecule has 0 saturated carbocycles. The maximum Gasteiger partial charge on any atom is 0.293 e. The summed E-state index contributed by atoms with van der Waals surface area (Å²) in [7, 11) is 0. The van der Waals surface area contributed by atoms with Crippen molar-refractivity contribution in [1.82, 2.24) is 24.6 Å². The zero-order chi connectivity index (χ0) is 22.8. The molecule has 2 aliphatic rings. The van der Waals surface area contributed by atoms with Gasteiger partial charge in [0.2, 0.25) is 11.7 Å². The molecule has 0 radical (unpaired) electrons. The summed E-state index contributed by atoms with van der Waals surface area (Å²) in [5.41, 5.74) is 0.626. The number of piperidine rings is 1. The van der Waals surface area contributed by atoms with Crippen LogP contribution in [0.3, 0.4) is 0 Å². The molecule has 0 unspecified atom stereocenters. The topological polar surface area (TPSA) is 80.6 Å². The van der Waals surface area contributed by atoms with Gasteiger partial charge in [0.15, 0.2) is 5.82 Å². The van der Waals surface area contributed by atoms with Crippen molar-refractivity contribution in [3.8, 4) is 16.4 Å². The minimum absolute atomic E-state index is 0.0708. The van der Waals surface area contributed by atoms with Crippen LogP contribution < -0.4 is 0 Å². The fraction of sp³-hybridized carbons (Fsp3) is 0.391. The highest BCUT2D eigenvalue weighted by atomic mass is 32.1. The molecule has 1 aromatic carbocycles. The highest BCUT2D eigenvalue weighted by Crippen LogP contribution is 2.27. The molecule has 2 fully saturated rings. The Hall–Kier alpha value is -3.11. The Morgan fingerprint density at radius 2 is 1.73 bits per heavy atom. The first-order valence-electron chi connectivity index (χ1n) is 11.0. The molecule has 2 amide bonds. The molecular formula is C23H24FN5O3S. The van der Waals surface area contributed by atoms with Crippen molar-refractivity contribution in [2.75, 3.05) is 39.4 Å². The van der Waals surface area contributed by atoms with E-state index in [0.29, 0.717) is 63.7 Å². The lowest BCUT2D eigenvalue weighted by atomic mass is 9.95. The largest absolute Gasteiger partial charge is 0.378 e. The molecule has 10 heteroatoms. The third-order valence-electron chi connectivity index (χ3n) is 6.07. The maximum atomic E-state index is 13.4. The first-order chi connectivity index (χ1) is 16.1. The summed E-state index contributed by atoms with van der Waals surface area (Å²) in [5, 5.41) is 6.41. The number of likely N-dealkylation sites (tertiary alicyclic amines) is 1. The van der Waals surface area contributed by atoms with Gasteiger partial charge < -0.3 is 14.5 Å². The molecule has 2 aromatic heterocycles. The van der Waals surface area contributed by atoms with Crippen LogP contribution in [0.1, 0.15) is 23.5 Å². The predicted molar refractivity (Wildman–Crippen MR) is 121 cm³/mol. The van der Waals surface area contributed by atoms with E-state index in [2.05, 4.69) is 10.1 Å². The first kappa shape index (κ1) is 21.7. The maximum absolute atomic E-state index is 13.4. The fourth-order valence-corrected chi connectivity index (χ4v) is 4.94. The monoisotopic (exact) mass is 469 g/mol. The molecule has 0 N–H and O–H groups in total. The minimum atomic E-state index is -0.345. The van der Waals surface area contributed by atoms with Gasteiger partial charge in [-0.15, -0.1) is 16.4 Å². The number of halogens is 1. The molecule has 0 spiro atoms. The second-order valence-electron chi connectivity index (χ2n) is 8.13. The third-order valence-corrected chi connectivity index (χ3v) is 6.93. The van der Waals surface area contributed by atoms with Crippen molar-refractivity contribution in [3.63, 3.8) is 0 Å². The molecule has 0 atom stereocenters. The lowest BCUT2D eigenvalue weighted by Gasteiger charge is -2.35. The third kappa shape index (κ3) is 4.53. The van der Waals surface area contributed by atoms with Crippen LogP contribution in [0.15, 0.2) is 41.8 Å². The van der Waals surface area contributed by atoms with Gasteiger partial charge in [0.05, 0.1) is 23.8 Å². The predicted octanol–water partition coefficient (Wildman–Crippen LogP) is 2.85. The van der Waals surface area contributed by atoms with Gasteiger partial charge in [0.1, 0.15) is 5.82 Å². The first-order valence-corrected chi connectivity index (χ1v) is 11.9. The van der Waals surface area contributed by atoms with Crippen molar-refractivity contribution in [1.29, 1.82) is 0 Å². The molecule has 0 bridgehead atoms. The fourth-order valence-electron chi connectivity index (χ4n) is 4.24. The van der Waals surface area contributed by atoms with E-state index in [1.54, 1.807) is 21.7 Å². The molecule has 5 rings (SSSR count). The number of hydrogen-bond acceptors (Lipinski definition) is 6. The van der Waals surface area contributed by atoms with Crippen molar-refractivity contribution >= 4 is 23.2 Å². The van der Waals surface area contributed by atoms with Crippen LogP contribution in [0.4, 0.5) is 4.39 Å². The van der Waals surface area contributed by atoms with E-state index in [4.69, 9.17) is 4.74 Å². The van der Waals surface area contributed by atoms with Crippen molar-refractivity contribution < 1.29 is 18.7 Å². The summed E-state index contributed by atoms with van der Waals surface area (Å²) in [6.45, 7) is 3.40. The number of amides is 2. The van der Waals surface area contributed by atoms with E-state index in [1.807, 2.05) is 22.4 Å². The number of benzene rings is 1. The lowest BCUT2D eigenvalue weighted by molar-refractivity contribution is -0.141. The van der Waals surface area contributed by atoms with Crippen LogP contribution in [-0.2, 0) is 9.53 Å². The van der Waals surface area contributed by atoms with Crippen LogP contribution in [0.5, 0.6) is 0 Å². The van der Waals surface area contributed by atoms with Crippen LogP contribution >= 0.6 is 11.3 Å². The number of carbonyl (C=O) groups excluding carboxylic acids is 2. The lowest BCUT2D eigenvalue weighted by Crippen LogP contribution is -2.47. The second kappa shape index (κ2) is 9.40. The molecule has 8 nitrogen and oxygen atoms in total. The average molecular weight is 470 g/mol. The summed E-state index contributed by atoms with van der Waals surface area (Å²) in [6, 6.07) is 9.74. The molecule has 2 aliphatic heterocycles. The zero-order valence-corrected chi connectivity index (χ0v) is 18.8. The molecule has 4 heterocycles. The highest BCUT2D eigenvalue weighted by molar-refractivity contribution is 7.13. The normalized spacial score (nSPS) is 17.4. The van der Waals surface area contributed by atoms with E-state index in [-0.39, 0.29) is 29.4 Å². The van der Waals surface area contributed by atoms with Gasteiger partial charge in [0, 0.05) is 32.1 Å². The number of hydrogen-bond donors (Lipinski definition) is 0. The van der Waals surface area contributed by atoms with E-state index in [0.717, 1.165) is 4.88 Å². The van der Waals surface area contributed by atoms with E-state index >= 15 is 0 Å². The van der Waals surface area contributed by atoms with Crippen molar-refractivity contribution in [2.45, 2.75) is 12.8 Å². The highest BCUT2D eigenvalue weighted by Gasteiger charge is 2.32. The Morgan fingerprint density at radius 3 is 2.39 bits per heavy atom. The van der Waals surface area contributed by atoms with Crippen LogP contribution in [-0.4, -0.2) is 75.8 Å². The SMILES string of the molecule is O=C(c1nc(-c2cccs2)n(-c2ccc(F)cc2)n1)N1CCC(C(=O)N2CCOCC2)CC1. The standard InChI is InChI=1S/C23H24FN5O3S/c24-17-3-5-18(6-4-17)29-21(19-2-1-15-33-19)25-20(26-29)23(31)27-9-7-16(8-10-27)22(30)28-11-13-32-14-12-28/h1-6,15-16H,7-14H2. The summed E-state index contributed by atoms with van der Waals surface area (Å²) in [6.07, 6.45) is 1.25. The second-order valence-corrected chi connectivity index (χ2v) is 9.08. The van der Waals surface area contributed by atoms with Gasteiger partial charge in [-0.05, 0) is 48.6 Å². The van der Waals surface area contributed by atoms with Crippen LogP contribution in [0, 0.1) is 11.7 Å². The number of ether oxygens (including phenoxy) is 1. The minimum Gasteiger partial charge on any atom is -0.378 e. The van der Waals surface area contributed by atoms with Crippen LogP contribution in [0.2, 0.25) is 0 Å². The van der Waals surface area contributed by atoms with E-state index in [1.165, 1.54) is 23.5 Å². The van der Waals surface area contributed by atoms with Gasteiger partial charge in [0.25, 0.3) is 5.91 Å². The van der Waals surface area contributed by atoms with Crippen molar-refractivity contribution in [3.05, 3.63) is 53.4 Å². The Morgan fingerprint density at radius 1 is 1.00 bits per heavy atom. The zero-order valence-electron chi connectivity index (χ0n) is 18.0. The van der Waals surface area contributed by atoms with E-state index in [9.17, 15) is 14.0 Å². The Bertz CT molecular complexity index is 1120. The summed E-state index contributed by atoms with van der Waals surface area (Å²) in [4.78, 5) is 35.0. The number of aromatic nitrogens is 3. The molecular weight excluding hydrogens is 445 g/mol. The quantitative estimate of drug-likeness (QED) is 0.587. The average Bonchev–Trinajstić information content (AvgIpc) is 3.55. The van der Waals surface area contributed by atoms with E-state index < -0.39 is 0 Å². The number of rotatable bonds is 4. The van der Waals surface area contributed by atoms with Crippen molar-refractivity contribution in [2.24, 2.45) is 5.92 Å². The number of nitrogens with zero attached hydrogens (tertiary/aromatic N) is 5. The Balaban J connectivity index is 1.32. The van der Waals surface area contributed by atoms with Crippen LogP contribution in [0.25, 0.3) is 16.4 Å². The van der Waals surface area contributed by atoms with Gasteiger partial charge in [-0.25, -0.2) is 14.1 Å². The molecule has 172 valence electrons. The van der Waals surface area contributed by atoms with Gasteiger partial charge >= 0.3 is 0 Å². The number of thiophene rings is 1.